The van der Waals surface area contributed by atoms with Gasteiger partial charge in [-0.1, -0.05) is 234 Å². The molecule has 9 nitrogen and oxygen atoms in total. The van der Waals surface area contributed by atoms with E-state index in [2.05, 4.69) is 111 Å². The second-order valence-corrected chi connectivity index (χ2v) is 22.7. The normalized spacial score (nSPS) is 14.4. The third-order valence-electron chi connectivity index (χ3n) is 12.8. The van der Waals surface area contributed by atoms with Crippen LogP contribution in [0.1, 0.15) is 245 Å². The molecular formula is C64H114N2O7P+. The van der Waals surface area contributed by atoms with E-state index in [-0.39, 0.29) is 31.5 Å². The van der Waals surface area contributed by atoms with Gasteiger partial charge in [-0.2, -0.15) is 0 Å². The molecule has 0 radical (unpaired) electrons. The Hall–Kier alpha value is -3.07. The largest absolute Gasteiger partial charge is 0.472 e. The Kier molecular flexibility index (Phi) is 51.1. The number of phosphoric acid groups is 1. The molecule has 0 fully saturated rings. The molecule has 2 N–H and O–H groups in total. The monoisotopic (exact) mass is 1050 g/mol. The van der Waals surface area contributed by atoms with Gasteiger partial charge in [-0.15, -0.1) is 0 Å². The van der Waals surface area contributed by atoms with Crippen LogP contribution in [0.25, 0.3) is 0 Å². The van der Waals surface area contributed by atoms with Crippen LogP contribution in [0.4, 0.5) is 0 Å². The first-order valence-electron chi connectivity index (χ1n) is 30.1. The molecule has 0 spiro atoms. The summed E-state index contributed by atoms with van der Waals surface area (Å²) in [4.78, 5) is 37.7. The second kappa shape index (κ2) is 53.3. The quantitative estimate of drug-likeness (QED) is 0.0156. The Bertz CT molecular complexity index is 1590. The molecule has 0 saturated heterocycles. The maximum absolute atomic E-state index is 13.5. The molecule has 0 heterocycles. The summed E-state index contributed by atoms with van der Waals surface area (Å²) in [6.45, 7) is 6.82. The van der Waals surface area contributed by atoms with Gasteiger partial charge in [0, 0.05) is 12.8 Å². The van der Waals surface area contributed by atoms with Crippen molar-refractivity contribution in [3.63, 3.8) is 0 Å². The molecular weight excluding hydrogens is 940 g/mol. The predicted octanol–water partition coefficient (Wildman–Crippen LogP) is 18.4. The average Bonchev–Trinajstić information content (AvgIpc) is 3.36. The highest BCUT2D eigenvalue weighted by Gasteiger charge is 2.30. The first kappa shape index (κ1) is 70.9. The van der Waals surface area contributed by atoms with Crippen molar-refractivity contribution in [1.29, 1.82) is 0 Å². The van der Waals surface area contributed by atoms with Crippen LogP contribution in [0.15, 0.2) is 97.2 Å². The van der Waals surface area contributed by atoms with Gasteiger partial charge in [0.15, 0.2) is 0 Å². The zero-order valence-electron chi connectivity index (χ0n) is 48.6. The molecule has 10 heteroatoms. The van der Waals surface area contributed by atoms with Crippen LogP contribution in [0.3, 0.4) is 0 Å². The number of quaternary nitrogens is 1. The number of hydrogen-bond acceptors (Lipinski definition) is 6. The Morgan fingerprint density at radius 3 is 1.43 bits per heavy atom. The van der Waals surface area contributed by atoms with Crippen LogP contribution < -0.4 is 5.32 Å². The molecule has 0 saturated carbocycles. The third-order valence-corrected chi connectivity index (χ3v) is 13.8. The molecule has 0 aliphatic rings. The van der Waals surface area contributed by atoms with Gasteiger partial charge in [0.25, 0.3) is 0 Å². The minimum atomic E-state index is -4.46. The van der Waals surface area contributed by atoms with Crippen molar-refractivity contribution in [1.82, 2.24) is 5.32 Å². The number of carbonyl (C=O) groups is 2. The number of carbonyl (C=O) groups excluding carboxylic acids is 2. The standard InChI is InChI=1S/C64H113N2O7P/c1-7-10-13-16-19-22-25-28-30-31-32-33-34-35-37-38-41-44-47-50-53-56-63(67)65-61(60-72-74(69,70)71-59-58-66(4,5)6)62(55-52-49-46-43-40-27-24-21-18-15-12-9-3)73-64(68)57-54-51-48-45-42-39-36-29-26-23-20-17-14-11-8-2/h11,14,17,19-20,22-23,26,28,30,32-33,35,37,52,55,61-62H,7-10,12-13,15-16,18,21,24-25,27,29,31,34,36,38-51,53-54,56-60H2,1-6H3,(H-,65,67,69,70)/p+1/b14-11+,20-17+,22-19-,26-23+,30-28-,33-32-,37-35-,55-52-. The number of allylic oxidation sites excluding steroid dienone is 15. The lowest BCUT2D eigenvalue weighted by Gasteiger charge is -2.27. The van der Waals surface area contributed by atoms with Gasteiger partial charge in [-0.05, 0) is 96.0 Å². The summed E-state index contributed by atoms with van der Waals surface area (Å²) in [6, 6.07) is -0.868. The number of esters is 1. The zero-order chi connectivity index (χ0) is 54.3. The van der Waals surface area contributed by atoms with Crippen molar-refractivity contribution >= 4 is 19.7 Å². The number of nitrogens with zero attached hydrogens (tertiary/aromatic N) is 1. The molecule has 0 aromatic heterocycles. The summed E-state index contributed by atoms with van der Waals surface area (Å²) in [5, 5.41) is 3.04. The van der Waals surface area contributed by atoms with E-state index in [1.54, 1.807) is 0 Å². The molecule has 3 atom stereocenters. The topological polar surface area (TPSA) is 111 Å². The predicted molar refractivity (Wildman–Crippen MR) is 318 cm³/mol. The van der Waals surface area contributed by atoms with Gasteiger partial charge < -0.3 is 19.4 Å². The fourth-order valence-corrected chi connectivity index (χ4v) is 8.89. The van der Waals surface area contributed by atoms with Crippen LogP contribution in [-0.2, 0) is 27.9 Å². The van der Waals surface area contributed by atoms with Gasteiger partial charge >= 0.3 is 13.8 Å². The summed E-state index contributed by atoms with van der Waals surface area (Å²) in [5.74, 6) is -0.545. The molecule has 1 amide bonds. The van der Waals surface area contributed by atoms with Gasteiger partial charge in [0.1, 0.15) is 19.3 Å². The first-order chi connectivity index (χ1) is 35.9. The third kappa shape index (κ3) is 53.7. The highest BCUT2D eigenvalue weighted by atomic mass is 31.2. The molecule has 0 bridgehead atoms. The highest BCUT2D eigenvalue weighted by molar-refractivity contribution is 7.47. The number of ether oxygens (including phenoxy) is 1. The SMILES string of the molecule is CC/C=C/C=C/C=C/CCCCCCCCCC(=O)OC(/C=C\CCCCCCCCCCCC)C(COP(=O)(O)OCC[N+](C)(C)C)NC(=O)CCCCCCC/C=C\C/C=C\C/C=C\C/C=C\CCCCC. The minimum absolute atomic E-state index is 0.0294. The maximum atomic E-state index is 13.5. The number of amides is 1. The Labute approximate surface area is 456 Å². The van der Waals surface area contributed by atoms with Crippen molar-refractivity contribution in [3.05, 3.63) is 97.2 Å². The van der Waals surface area contributed by atoms with Crippen molar-refractivity contribution in [2.24, 2.45) is 0 Å². The molecule has 0 aliphatic carbocycles. The van der Waals surface area contributed by atoms with E-state index in [0.717, 1.165) is 116 Å². The molecule has 74 heavy (non-hydrogen) atoms. The second-order valence-electron chi connectivity index (χ2n) is 21.2. The van der Waals surface area contributed by atoms with Gasteiger partial charge in [-0.3, -0.25) is 18.6 Å². The molecule has 0 aromatic carbocycles. The van der Waals surface area contributed by atoms with Gasteiger partial charge in [0.05, 0.1) is 33.8 Å². The lowest BCUT2D eigenvalue weighted by molar-refractivity contribution is -0.870. The van der Waals surface area contributed by atoms with Crippen LogP contribution in [0.2, 0.25) is 0 Å². The zero-order valence-corrected chi connectivity index (χ0v) is 49.4. The lowest BCUT2D eigenvalue weighted by Crippen LogP contribution is -2.47. The summed E-state index contributed by atoms with van der Waals surface area (Å²) in [5.41, 5.74) is 0. The van der Waals surface area contributed by atoms with Crippen molar-refractivity contribution in [3.8, 4) is 0 Å². The van der Waals surface area contributed by atoms with Crippen molar-refractivity contribution < 1.29 is 37.3 Å². The van der Waals surface area contributed by atoms with Crippen LogP contribution in [-0.4, -0.2) is 74.3 Å². The van der Waals surface area contributed by atoms with Crippen LogP contribution in [0, 0.1) is 0 Å². The number of nitrogens with one attached hydrogen (secondary N) is 1. The van der Waals surface area contributed by atoms with Crippen LogP contribution in [0.5, 0.6) is 0 Å². The average molecular weight is 1050 g/mol. The van der Waals surface area contributed by atoms with Crippen molar-refractivity contribution in [2.75, 3.05) is 40.9 Å². The van der Waals surface area contributed by atoms with E-state index in [9.17, 15) is 19.0 Å². The summed E-state index contributed by atoms with van der Waals surface area (Å²) in [6.07, 6.45) is 71.1. The Morgan fingerprint density at radius 1 is 0.500 bits per heavy atom. The van der Waals surface area contributed by atoms with E-state index in [0.29, 0.717) is 17.4 Å². The molecule has 426 valence electrons. The van der Waals surface area contributed by atoms with E-state index < -0.39 is 20.0 Å². The maximum Gasteiger partial charge on any atom is 0.472 e. The Balaban J connectivity index is 5.33. The highest BCUT2D eigenvalue weighted by Crippen LogP contribution is 2.43. The number of likely N-dealkylation sites (N-methyl/N-ethyl adjacent to an activating group) is 1. The first-order valence-corrected chi connectivity index (χ1v) is 31.6. The smallest absolute Gasteiger partial charge is 0.456 e. The minimum Gasteiger partial charge on any atom is -0.456 e. The van der Waals surface area contributed by atoms with Gasteiger partial charge in [-0.25, -0.2) is 4.57 Å². The summed E-state index contributed by atoms with van der Waals surface area (Å²) < 4.78 is 30.6. The summed E-state index contributed by atoms with van der Waals surface area (Å²) >= 11 is 0. The number of hydrogen-bond donors (Lipinski definition) is 2. The van der Waals surface area contributed by atoms with Crippen LogP contribution >= 0.6 is 7.82 Å². The van der Waals surface area contributed by atoms with E-state index in [1.807, 2.05) is 33.3 Å². The van der Waals surface area contributed by atoms with Gasteiger partial charge in [0.2, 0.25) is 5.91 Å². The van der Waals surface area contributed by atoms with E-state index in [1.165, 1.54) is 96.3 Å². The fourth-order valence-electron chi connectivity index (χ4n) is 8.16. The molecule has 0 rings (SSSR count). The molecule has 0 aliphatic heterocycles. The molecule has 3 unspecified atom stereocenters. The lowest BCUT2D eigenvalue weighted by atomic mass is 10.0. The van der Waals surface area contributed by atoms with Crippen molar-refractivity contribution in [2.45, 2.75) is 258 Å². The van der Waals surface area contributed by atoms with E-state index in [4.69, 9.17) is 13.8 Å². The Morgan fingerprint density at radius 2 is 0.919 bits per heavy atom. The number of unbranched alkanes of at least 4 members (excludes halogenated alkanes) is 25. The number of rotatable bonds is 53. The number of phosphoric ester groups is 1. The molecule has 0 aromatic rings. The summed E-state index contributed by atoms with van der Waals surface area (Å²) in [7, 11) is 1.46. The van der Waals surface area contributed by atoms with E-state index >= 15 is 0 Å². The fraction of sp³-hybridized carbons (Fsp3) is 0.719.